The summed E-state index contributed by atoms with van der Waals surface area (Å²) in [7, 11) is 0. The molecule has 0 aromatic heterocycles. The fourth-order valence-electron chi connectivity index (χ4n) is 1.43. The molecule has 2 N–H and O–H groups in total. The molecule has 0 atom stereocenters. The van der Waals surface area contributed by atoms with Crippen LogP contribution >= 0.6 is 11.6 Å². The van der Waals surface area contributed by atoms with Crippen LogP contribution in [0.2, 0.25) is 5.02 Å². The minimum Gasteiger partial charge on any atom is -0.388 e. The van der Waals surface area contributed by atoms with E-state index < -0.39 is 16.1 Å². The van der Waals surface area contributed by atoms with Crippen LogP contribution in [0.15, 0.2) is 12.1 Å². The highest BCUT2D eigenvalue weighted by Gasteiger charge is 2.35. The molecule has 0 amide bonds. The second kappa shape index (κ2) is 4.98. The Labute approximate surface area is 117 Å². The number of anilines is 1. The third-order valence-electron chi connectivity index (χ3n) is 3.47. The van der Waals surface area contributed by atoms with E-state index in [0.717, 1.165) is 0 Å². The topological polar surface area (TPSA) is 75.4 Å². The third kappa shape index (κ3) is 3.36. The molecule has 19 heavy (non-hydrogen) atoms. The molecule has 0 aliphatic rings. The minimum atomic E-state index is -0.965. The zero-order valence-corrected chi connectivity index (χ0v) is 12.5. The van der Waals surface area contributed by atoms with E-state index in [2.05, 4.69) is 5.32 Å². The average Bonchev–Trinajstić information content (AvgIpc) is 2.20. The number of nitrogens with one attached hydrogen (secondary N) is 1. The number of nitro benzene ring substituents is 1. The molecular formula is C13H19ClN2O3. The monoisotopic (exact) mass is 286 g/mol. The molecule has 0 saturated heterocycles. The highest BCUT2D eigenvalue weighted by Crippen LogP contribution is 2.33. The lowest BCUT2D eigenvalue weighted by molar-refractivity contribution is -0.384. The molecule has 0 heterocycles. The zero-order chi connectivity index (χ0) is 15.0. The number of aliphatic hydroxyl groups is 1. The van der Waals surface area contributed by atoms with Gasteiger partial charge in [-0.15, -0.1) is 0 Å². The Morgan fingerprint density at radius 3 is 2.26 bits per heavy atom. The first-order chi connectivity index (χ1) is 8.45. The molecule has 6 heteroatoms. The van der Waals surface area contributed by atoms with Crippen molar-refractivity contribution in [1.29, 1.82) is 0 Å². The van der Waals surface area contributed by atoms with Crippen molar-refractivity contribution in [2.75, 3.05) is 5.32 Å². The molecule has 5 nitrogen and oxygen atoms in total. The fraction of sp³-hybridized carbons (Fsp3) is 0.538. The summed E-state index contributed by atoms with van der Waals surface area (Å²) in [6.07, 6.45) is 0. The maximum absolute atomic E-state index is 10.8. The van der Waals surface area contributed by atoms with E-state index in [9.17, 15) is 15.2 Å². The van der Waals surface area contributed by atoms with Gasteiger partial charge >= 0.3 is 0 Å². The lowest BCUT2D eigenvalue weighted by Crippen LogP contribution is -2.51. The number of halogens is 1. The van der Waals surface area contributed by atoms with E-state index in [1.54, 1.807) is 20.8 Å². The summed E-state index contributed by atoms with van der Waals surface area (Å²) in [5.74, 6) is 0. The first-order valence-corrected chi connectivity index (χ1v) is 6.28. The molecule has 1 aromatic carbocycles. The van der Waals surface area contributed by atoms with Gasteiger partial charge in [-0.3, -0.25) is 10.1 Å². The molecule has 1 rings (SSSR count). The molecule has 0 aliphatic heterocycles. The van der Waals surface area contributed by atoms with Crippen LogP contribution in [0.4, 0.5) is 11.4 Å². The van der Waals surface area contributed by atoms with Gasteiger partial charge in [0.1, 0.15) is 5.02 Å². The summed E-state index contributed by atoms with van der Waals surface area (Å²) in [5, 5.41) is 24.1. The second-order valence-corrected chi connectivity index (χ2v) is 6.09. The van der Waals surface area contributed by atoms with Gasteiger partial charge in [0.25, 0.3) is 5.69 Å². The van der Waals surface area contributed by atoms with E-state index in [4.69, 9.17) is 11.6 Å². The first kappa shape index (κ1) is 15.7. The van der Waals surface area contributed by atoms with Crippen molar-refractivity contribution in [2.45, 2.75) is 45.8 Å². The maximum Gasteiger partial charge on any atom is 0.288 e. The number of nitrogens with zero attached hydrogens (tertiary/aromatic N) is 1. The number of nitro groups is 1. The van der Waals surface area contributed by atoms with Gasteiger partial charge in [-0.1, -0.05) is 11.6 Å². The molecule has 106 valence electrons. The van der Waals surface area contributed by atoms with Crippen LogP contribution in [-0.4, -0.2) is 21.2 Å². The van der Waals surface area contributed by atoms with Crippen molar-refractivity contribution in [1.82, 2.24) is 0 Å². The number of rotatable bonds is 4. The van der Waals surface area contributed by atoms with Crippen molar-refractivity contribution in [3.63, 3.8) is 0 Å². The van der Waals surface area contributed by atoms with Gasteiger partial charge in [0, 0.05) is 11.8 Å². The van der Waals surface area contributed by atoms with Crippen LogP contribution < -0.4 is 5.32 Å². The maximum atomic E-state index is 10.8. The molecule has 0 unspecified atom stereocenters. The van der Waals surface area contributed by atoms with Crippen LogP contribution in [0.1, 0.15) is 33.3 Å². The van der Waals surface area contributed by atoms with E-state index in [-0.39, 0.29) is 10.7 Å². The predicted molar refractivity (Wildman–Crippen MR) is 76.8 cm³/mol. The third-order valence-corrected chi connectivity index (χ3v) is 3.77. The zero-order valence-electron chi connectivity index (χ0n) is 11.7. The number of benzene rings is 1. The fourth-order valence-corrected chi connectivity index (χ4v) is 1.66. The molecule has 0 radical (unpaired) electrons. The Balaban J connectivity index is 3.18. The minimum absolute atomic E-state index is 0.0737. The summed E-state index contributed by atoms with van der Waals surface area (Å²) >= 11 is 5.90. The van der Waals surface area contributed by atoms with E-state index in [0.29, 0.717) is 11.3 Å². The van der Waals surface area contributed by atoms with E-state index in [1.807, 2.05) is 13.8 Å². The summed E-state index contributed by atoms with van der Waals surface area (Å²) < 4.78 is 0. The quantitative estimate of drug-likeness (QED) is 0.656. The average molecular weight is 287 g/mol. The molecule has 1 aromatic rings. The molecule has 0 aliphatic carbocycles. The summed E-state index contributed by atoms with van der Waals surface area (Å²) in [4.78, 5) is 10.3. The Kier molecular flexibility index (Phi) is 4.12. The first-order valence-electron chi connectivity index (χ1n) is 5.91. The SMILES string of the molecule is Cc1cc([N+](=O)[O-])c(Cl)cc1NC(C)(C)C(C)(C)O. The van der Waals surface area contributed by atoms with Crippen LogP contribution in [0.5, 0.6) is 0 Å². The van der Waals surface area contributed by atoms with Gasteiger partial charge in [-0.2, -0.15) is 0 Å². The van der Waals surface area contributed by atoms with E-state index >= 15 is 0 Å². The van der Waals surface area contributed by atoms with Crippen molar-refractivity contribution in [3.8, 4) is 0 Å². The van der Waals surface area contributed by atoms with Gasteiger partial charge in [-0.25, -0.2) is 0 Å². The van der Waals surface area contributed by atoms with Gasteiger partial charge in [0.05, 0.1) is 16.1 Å². The number of hydrogen-bond acceptors (Lipinski definition) is 4. The number of aryl methyl sites for hydroxylation is 1. The molecule has 0 spiro atoms. The highest BCUT2D eigenvalue weighted by atomic mass is 35.5. The Morgan fingerprint density at radius 2 is 1.84 bits per heavy atom. The lowest BCUT2D eigenvalue weighted by Gasteiger charge is -2.39. The van der Waals surface area contributed by atoms with E-state index in [1.165, 1.54) is 12.1 Å². The van der Waals surface area contributed by atoms with Crippen molar-refractivity contribution < 1.29 is 10.0 Å². The molecular weight excluding hydrogens is 268 g/mol. The Bertz CT molecular complexity index is 507. The van der Waals surface area contributed by atoms with Crippen LogP contribution in [-0.2, 0) is 0 Å². The Morgan fingerprint density at radius 1 is 1.32 bits per heavy atom. The van der Waals surface area contributed by atoms with Crippen LogP contribution in [0, 0.1) is 17.0 Å². The van der Waals surface area contributed by atoms with Crippen LogP contribution in [0.25, 0.3) is 0 Å². The van der Waals surface area contributed by atoms with Gasteiger partial charge < -0.3 is 10.4 Å². The smallest absolute Gasteiger partial charge is 0.288 e. The predicted octanol–water partition coefficient (Wildman–Crippen LogP) is 3.52. The van der Waals surface area contributed by atoms with Gasteiger partial charge in [-0.05, 0) is 46.2 Å². The standard InChI is InChI=1S/C13H19ClN2O3/c1-8-6-11(16(18)19)9(14)7-10(8)15-12(2,3)13(4,5)17/h6-7,15,17H,1-5H3. The van der Waals surface area contributed by atoms with Crippen molar-refractivity contribution >= 4 is 23.0 Å². The normalized spacial score (nSPS) is 12.4. The summed E-state index contributed by atoms with van der Waals surface area (Å²) in [6, 6.07) is 2.94. The van der Waals surface area contributed by atoms with Gasteiger partial charge in [0.15, 0.2) is 0 Å². The lowest BCUT2D eigenvalue weighted by atomic mass is 9.85. The summed E-state index contributed by atoms with van der Waals surface area (Å²) in [5.41, 5.74) is -0.327. The van der Waals surface area contributed by atoms with Gasteiger partial charge in [0.2, 0.25) is 0 Å². The number of hydrogen-bond donors (Lipinski definition) is 2. The second-order valence-electron chi connectivity index (χ2n) is 5.68. The molecule has 0 fully saturated rings. The Hall–Kier alpha value is -1.33. The van der Waals surface area contributed by atoms with Crippen LogP contribution in [0.3, 0.4) is 0 Å². The summed E-state index contributed by atoms with van der Waals surface area (Å²) in [6.45, 7) is 8.85. The molecule has 0 saturated carbocycles. The van der Waals surface area contributed by atoms with Crippen molar-refractivity contribution in [2.24, 2.45) is 0 Å². The molecule has 0 bridgehead atoms. The van der Waals surface area contributed by atoms with Crippen molar-refractivity contribution in [3.05, 3.63) is 32.8 Å². The highest BCUT2D eigenvalue weighted by molar-refractivity contribution is 6.33. The largest absolute Gasteiger partial charge is 0.388 e.